The molecule has 0 unspecified atom stereocenters. The Labute approximate surface area is 155 Å². The molecule has 3 N–H and O–H groups in total. The van der Waals surface area contributed by atoms with Crippen molar-refractivity contribution in [1.29, 1.82) is 0 Å². The Hall–Kier alpha value is -2.52. The number of rotatable bonds is 3. The number of carbonyl (C=O) groups is 1. The van der Waals surface area contributed by atoms with Gasteiger partial charge < -0.3 is 15.8 Å². The molecule has 1 saturated heterocycles. The van der Waals surface area contributed by atoms with Crippen molar-refractivity contribution in [3.05, 3.63) is 23.8 Å². The molecule has 9 heteroatoms. The summed E-state index contributed by atoms with van der Waals surface area (Å²) in [5, 5.41) is 10.9. The number of nitrogens with zero attached hydrogens (tertiary/aromatic N) is 4. The van der Waals surface area contributed by atoms with Gasteiger partial charge in [0.1, 0.15) is 23.4 Å². The predicted molar refractivity (Wildman–Crippen MR) is 102 cm³/mol. The van der Waals surface area contributed by atoms with Gasteiger partial charge in [-0.15, -0.1) is 11.3 Å². The molecule has 26 heavy (non-hydrogen) atoms. The number of nitrogen functional groups attached to an aromatic ring is 1. The van der Waals surface area contributed by atoms with Crippen molar-refractivity contribution in [3.8, 4) is 10.6 Å². The second kappa shape index (κ2) is 7.38. The van der Waals surface area contributed by atoms with E-state index in [1.165, 1.54) is 6.33 Å². The maximum atomic E-state index is 9.60. The summed E-state index contributed by atoms with van der Waals surface area (Å²) >= 11 is 1.65. The molecule has 0 radical (unpaired) electrons. The minimum atomic E-state index is -0.318. The lowest BCUT2D eigenvalue weighted by Crippen LogP contribution is -2.43. The molecule has 138 valence electrons. The first kappa shape index (κ1) is 18.3. The molecular formula is C17H22N6O2S. The molecule has 1 aliphatic rings. The van der Waals surface area contributed by atoms with Gasteiger partial charge in [0, 0.05) is 13.1 Å². The van der Waals surface area contributed by atoms with Crippen LogP contribution in [0.2, 0.25) is 0 Å². The SMILES string of the molecule is CC(C)(C)OC=O.Nc1ncnc2c1c(-c1cccs1)nn2C1CNC1. The van der Waals surface area contributed by atoms with Gasteiger partial charge in [-0.3, -0.25) is 4.79 Å². The lowest BCUT2D eigenvalue weighted by atomic mass is 10.2. The van der Waals surface area contributed by atoms with E-state index in [4.69, 9.17) is 10.8 Å². The Kier molecular flexibility index (Phi) is 5.19. The van der Waals surface area contributed by atoms with Gasteiger partial charge in [-0.05, 0) is 32.2 Å². The first-order chi connectivity index (χ1) is 12.4. The predicted octanol–water partition coefficient (Wildman–Crippen LogP) is 2.24. The topological polar surface area (TPSA) is 108 Å². The van der Waals surface area contributed by atoms with E-state index in [0.29, 0.717) is 18.3 Å². The summed E-state index contributed by atoms with van der Waals surface area (Å²) in [7, 11) is 0. The molecule has 3 aromatic rings. The van der Waals surface area contributed by atoms with Crippen LogP contribution in [-0.2, 0) is 9.53 Å². The normalized spacial score (nSPS) is 14.4. The molecule has 0 spiro atoms. The van der Waals surface area contributed by atoms with Gasteiger partial charge in [0.2, 0.25) is 0 Å². The number of hydrogen-bond acceptors (Lipinski definition) is 8. The molecule has 0 bridgehead atoms. The highest BCUT2D eigenvalue weighted by molar-refractivity contribution is 7.13. The van der Waals surface area contributed by atoms with Gasteiger partial charge in [-0.25, -0.2) is 14.6 Å². The number of nitrogens with two attached hydrogens (primary N) is 1. The van der Waals surface area contributed by atoms with Crippen LogP contribution >= 0.6 is 11.3 Å². The zero-order valence-corrected chi connectivity index (χ0v) is 15.8. The number of anilines is 1. The lowest BCUT2D eigenvalue weighted by molar-refractivity contribution is -0.138. The number of ether oxygens (including phenoxy) is 1. The van der Waals surface area contributed by atoms with E-state index < -0.39 is 0 Å². The number of aromatic nitrogens is 4. The number of nitrogens with one attached hydrogen (secondary N) is 1. The van der Waals surface area contributed by atoms with Crippen molar-refractivity contribution in [1.82, 2.24) is 25.1 Å². The minimum absolute atomic E-state index is 0.318. The van der Waals surface area contributed by atoms with Crippen molar-refractivity contribution in [3.63, 3.8) is 0 Å². The van der Waals surface area contributed by atoms with Crippen molar-refractivity contribution >= 4 is 34.7 Å². The molecule has 0 amide bonds. The van der Waals surface area contributed by atoms with Crippen LogP contribution in [0.15, 0.2) is 23.8 Å². The smallest absolute Gasteiger partial charge is 0.293 e. The summed E-state index contributed by atoms with van der Waals surface area (Å²) < 4.78 is 6.52. The Morgan fingerprint density at radius 3 is 2.65 bits per heavy atom. The maximum Gasteiger partial charge on any atom is 0.293 e. The average molecular weight is 374 g/mol. The van der Waals surface area contributed by atoms with Gasteiger partial charge in [0.05, 0.1) is 16.3 Å². The quantitative estimate of drug-likeness (QED) is 0.677. The van der Waals surface area contributed by atoms with Crippen LogP contribution in [0.3, 0.4) is 0 Å². The maximum absolute atomic E-state index is 9.60. The summed E-state index contributed by atoms with van der Waals surface area (Å²) in [6, 6.07) is 4.41. The zero-order chi connectivity index (χ0) is 18.7. The Morgan fingerprint density at radius 1 is 1.38 bits per heavy atom. The van der Waals surface area contributed by atoms with E-state index in [9.17, 15) is 4.79 Å². The summed E-state index contributed by atoms with van der Waals surface area (Å²) in [6.45, 7) is 7.76. The van der Waals surface area contributed by atoms with Crippen molar-refractivity contribution in [2.45, 2.75) is 32.4 Å². The number of carbonyl (C=O) groups excluding carboxylic acids is 1. The standard InChI is InChI=1S/C12H12N6S.C5H10O2/c13-11-9-10(8-2-1-3-19-8)17-18(7-4-14-5-7)12(9)16-6-15-11;1-5(2,3)7-4-6/h1-3,6-7,14H,4-5H2,(H2,13,15,16);4H,1-3H3. The van der Waals surface area contributed by atoms with Gasteiger partial charge >= 0.3 is 0 Å². The van der Waals surface area contributed by atoms with E-state index in [-0.39, 0.29) is 5.60 Å². The fraction of sp³-hybridized carbons (Fsp3) is 0.412. The molecule has 0 atom stereocenters. The molecule has 1 fully saturated rings. The van der Waals surface area contributed by atoms with Crippen LogP contribution in [0.4, 0.5) is 5.82 Å². The number of thiophene rings is 1. The first-order valence-corrected chi connectivity index (χ1v) is 9.13. The molecule has 3 aromatic heterocycles. The largest absolute Gasteiger partial charge is 0.462 e. The summed E-state index contributed by atoms with van der Waals surface area (Å²) in [6.07, 6.45) is 1.50. The summed E-state index contributed by atoms with van der Waals surface area (Å²) in [4.78, 5) is 19.2. The molecule has 0 saturated carbocycles. The highest BCUT2D eigenvalue weighted by atomic mass is 32.1. The van der Waals surface area contributed by atoms with Gasteiger partial charge in [-0.1, -0.05) is 6.07 Å². The van der Waals surface area contributed by atoms with Crippen LogP contribution in [0.25, 0.3) is 21.6 Å². The first-order valence-electron chi connectivity index (χ1n) is 8.25. The van der Waals surface area contributed by atoms with E-state index in [1.807, 2.05) is 43.0 Å². The highest BCUT2D eigenvalue weighted by Gasteiger charge is 2.25. The molecule has 8 nitrogen and oxygen atoms in total. The summed E-state index contributed by atoms with van der Waals surface area (Å²) in [5.41, 5.74) is 7.41. The highest BCUT2D eigenvalue weighted by Crippen LogP contribution is 2.34. The molecule has 1 aliphatic heterocycles. The number of fused-ring (bicyclic) bond motifs is 1. The monoisotopic (exact) mass is 374 g/mol. The van der Waals surface area contributed by atoms with E-state index in [1.54, 1.807) is 11.3 Å². The van der Waals surface area contributed by atoms with Gasteiger partial charge in [0.15, 0.2) is 5.65 Å². The second-order valence-electron chi connectivity index (χ2n) is 6.87. The fourth-order valence-corrected chi connectivity index (χ4v) is 3.14. The average Bonchev–Trinajstić information content (AvgIpc) is 3.14. The molecule has 0 aliphatic carbocycles. The Bertz CT molecular complexity index is 881. The molecular weight excluding hydrogens is 352 g/mol. The Morgan fingerprint density at radius 2 is 2.15 bits per heavy atom. The van der Waals surface area contributed by atoms with E-state index in [2.05, 4.69) is 20.0 Å². The minimum Gasteiger partial charge on any atom is -0.462 e. The second-order valence-corrected chi connectivity index (χ2v) is 7.81. The van der Waals surface area contributed by atoms with Crippen LogP contribution < -0.4 is 11.1 Å². The van der Waals surface area contributed by atoms with Crippen molar-refractivity contribution in [2.75, 3.05) is 18.8 Å². The van der Waals surface area contributed by atoms with Crippen molar-refractivity contribution in [2.24, 2.45) is 0 Å². The lowest BCUT2D eigenvalue weighted by Gasteiger charge is -2.27. The molecule has 4 heterocycles. The van der Waals surface area contributed by atoms with E-state index >= 15 is 0 Å². The third kappa shape index (κ3) is 3.83. The third-order valence-corrected chi connectivity index (χ3v) is 4.66. The zero-order valence-electron chi connectivity index (χ0n) is 15.0. The van der Waals surface area contributed by atoms with Crippen LogP contribution in [0.1, 0.15) is 26.8 Å². The Balaban J connectivity index is 0.000000242. The van der Waals surface area contributed by atoms with Crippen LogP contribution in [-0.4, -0.2) is 44.9 Å². The summed E-state index contributed by atoms with van der Waals surface area (Å²) in [5.74, 6) is 0.493. The molecule has 4 rings (SSSR count). The van der Waals surface area contributed by atoms with Crippen LogP contribution in [0, 0.1) is 0 Å². The van der Waals surface area contributed by atoms with Crippen LogP contribution in [0.5, 0.6) is 0 Å². The number of hydrogen-bond donors (Lipinski definition) is 2. The van der Waals surface area contributed by atoms with E-state index in [0.717, 1.165) is 34.7 Å². The fourth-order valence-electron chi connectivity index (χ4n) is 2.43. The third-order valence-electron chi connectivity index (χ3n) is 3.78. The van der Waals surface area contributed by atoms with Crippen molar-refractivity contribution < 1.29 is 9.53 Å². The van der Waals surface area contributed by atoms with Gasteiger partial charge in [-0.2, -0.15) is 5.10 Å². The van der Waals surface area contributed by atoms with Gasteiger partial charge in [0.25, 0.3) is 6.47 Å². The molecule has 0 aromatic carbocycles.